The summed E-state index contributed by atoms with van der Waals surface area (Å²) >= 11 is 0. The molecule has 2 unspecified atom stereocenters. The molecule has 0 aliphatic heterocycles. The first-order valence-electron chi connectivity index (χ1n) is 14.9. The van der Waals surface area contributed by atoms with Crippen LogP contribution in [0.15, 0.2) is 71.3 Å². The van der Waals surface area contributed by atoms with Gasteiger partial charge in [-0.2, -0.15) is 22.0 Å². The second kappa shape index (κ2) is 10.5. The number of ketones is 1. The van der Waals surface area contributed by atoms with Crippen molar-refractivity contribution in [2.75, 3.05) is 12.4 Å². The van der Waals surface area contributed by atoms with Gasteiger partial charge < -0.3 is 15.2 Å². The van der Waals surface area contributed by atoms with Gasteiger partial charge >= 0.3 is 12.1 Å². The van der Waals surface area contributed by atoms with Crippen LogP contribution >= 0.6 is 0 Å². The van der Waals surface area contributed by atoms with Gasteiger partial charge in [-0.3, -0.25) is 9.59 Å². The maximum Gasteiger partial charge on any atom is 0.456 e. The molecule has 234 valence electrons. The normalized spacial score (nSPS) is 30.2. The van der Waals surface area contributed by atoms with Crippen molar-refractivity contribution in [1.29, 1.82) is 0 Å². The van der Waals surface area contributed by atoms with Gasteiger partial charge in [0.05, 0.1) is 12.8 Å². The molecular formula is C34H34F5NO4. The SMILES string of the molecule is COc1ccccc1NC(=O)c1ccc([C@H]2CC3(C)[C@@H](CC[C@@]3(O)C(F)(F)C(F)(F)F)C3CCC4=CC(=O)CCC4=C32)cc1. The summed E-state index contributed by atoms with van der Waals surface area (Å²) in [4.78, 5) is 25.3. The summed E-state index contributed by atoms with van der Waals surface area (Å²) in [7, 11) is 1.49. The van der Waals surface area contributed by atoms with E-state index in [1.165, 1.54) is 14.0 Å². The number of alkyl halides is 5. The molecule has 2 aromatic carbocycles. The van der Waals surface area contributed by atoms with Crippen LogP contribution in [0.4, 0.5) is 27.6 Å². The number of nitrogens with one attached hydrogen (secondary N) is 1. The number of carbonyl (C=O) groups excluding carboxylic acids is 2. The van der Waals surface area contributed by atoms with Crippen molar-refractivity contribution < 1.29 is 41.4 Å². The lowest BCUT2D eigenvalue weighted by molar-refractivity contribution is -0.362. The molecule has 6 rings (SSSR count). The maximum atomic E-state index is 15.2. The number of carbonyl (C=O) groups is 2. The molecule has 2 N–H and O–H groups in total. The molecule has 5 atom stereocenters. The van der Waals surface area contributed by atoms with Crippen molar-refractivity contribution in [3.63, 3.8) is 0 Å². The van der Waals surface area contributed by atoms with Crippen LogP contribution in [0.5, 0.6) is 5.75 Å². The van der Waals surface area contributed by atoms with Crippen molar-refractivity contribution in [3.05, 3.63) is 82.5 Å². The van der Waals surface area contributed by atoms with Crippen molar-refractivity contribution >= 4 is 17.4 Å². The average molecular weight is 616 g/mol. The van der Waals surface area contributed by atoms with Crippen LogP contribution in [0, 0.1) is 17.3 Å². The van der Waals surface area contributed by atoms with E-state index in [9.17, 15) is 27.9 Å². The van der Waals surface area contributed by atoms with Crippen LogP contribution in [-0.4, -0.2) is 41.6 Å². The number of anilines is 1. The molecule has 5 nitrogen and oxygen atoms in total. The van der Waals surface area contributed by atoms with Gasteiger partial charge in [0, 0.05) is 23.3 Å². The van der Waals surface area contributed by atoms with E-state index in [4.69, 9.17) is 4.74 Å². The van der Waals surface area contributed by atoms with Gasteiger partial charge in [-0.15, -0.1) is 0 Å². The Labute approximate surface area is 252 Å². The second-order valence-corrected chi connectivity index (χ2v) is 12.7. The highest BCUT2D eigenvalue weighted by molar-refractivity contribution is 6.05. The largest absolute Gasteiger partial charge is 0.495 e. The smallest absolute Gasteiger partial charge is 0.456 e. The van der Waals surface area contributed by atoms with Gasteiger partial charge in [-0.25, -0.2) is 0 Å². The quantitative estimate of drug-likeness (QED) is 0.337. The highest BCUT2D eigenvalue weighted by Gasteiger charge is 2.79. The van der Waals surface area contributed by atoms with E-state index in [0.717, 1.165) is 16.7 Å². The number of halogens is 5. The minimum absolute atomic E-state index is 0.0190. The van der Waals surface area contributed by atoms with Crippen molar-refractivity contribution in [1.82, 2.24) is 0 Å². The van der Waals surface area contributed by atoms with Gasteiger partial charge in [-0.05, 0) is 97.4 Å². The molecule has 0 heterocycles. The van der Waals surface area contributed by atoms with Gasteiger partial charge in [0.25, 0.3) is 5.91 Å². The van der Waals surface area contributed by atoms with E-state index < -0.39 is 47.3 Å². The number of hydrogen-bond donors (Lipinski definition) is 2. The van der Waals surface area contributed by atoms with E-state index in [1.807, 2.05) is 0 Å². The first kappa shape index (κ1) is 30.5. The molecule has 2 aromatic rings. The van der Waals surface area contributed by atoms with Crippen LogP contribution in [0.25, 0.3) is 0 Å². The molecule has 0 spiro atoms. The lowest BCUT2D eigenvalue weighted by Gasteiger charge is -2.56. The number of hydrogen-bond acceptors (Lipinski definition) is 4. The number of methoxy groups -OCH3 is 1. The molecule has 1 amide bonds. The summed E-state index contributed by atoms with van der Waals surface area (Å²) in [5.41, 5.74) is -0.683. The number of ether oxygens (including phenoxy) is 1. The number of rotatable bonds is 5. The fourth-order valence-electron chi connectivity index (χ4n) is 8.52. The minimum Gasteiger partial charge on any atom is -0.495 e. The number of amides is 1. The number of allylic oxidation sites excluding steroid dienone is 4. The third-order valence-corrected chi connectivity index (χ3v) is 10.7. The Kier molecular flexibility index (Phi) is 7.30. The Morgan fingerprint density at radius 3 is 2.39 bits per heavy atom. The van der Waals surface area contributed by atoms with Crippen molar-refractivity contribution in [2.45, 2.75) is 75.5 Å². The zero-order chi connectivity index (χ0) is 31.7. The molecule has 0 bridgehead atoms. The fraction of sp³-hybridized carbons (Fsp3) is 0.471. The predicted octanol–water partition coefficient (Wildman–Crippen LogP) is 7.78. The molecule has 2 saturated carbocycles. The minimum atomic E-state index is -5.91. The molecular weight excluding hydrogens is 581 g/mol. The molecule has 0 radical (unpaired) electrons. The Balaban J connectivity index is 1.41. The van der Waals surface area contributed by atoms with Crippen molar-refractivity contribution in [3.8, 4) is 5.75 Å². The lowest BCUT2D eigenvalue weighted by Crippen LogP contribution is -2.65. The average Bonchev–Trinajstić information content (AvgIpc) is 3.27. The van der Waals surface area contributed by atoms with Gasteiger partial charge in [0.1, 0.15) is 11.4 Å². The summed E-state index contributed by atoms with van der Waals surface area (Å²) in [5, 5.41) is 14.2. The Bertz CT molecular complexity index is 1560. The van der Waals surface area contributed by atoms with Crippen LogP contribution in [0.1, 0.15) is 73.7 Å². The number of aliphatic hydroxyl groups is 1. The lowest BCUT2D eigenvalue weighted by atomic mass is 9.50. The first-order valence-corrected chi connectivity index (χ1v) is 14.9. The topological polar surface area (TPSA) is 75.6 Å². The molecule has 2 fully saturated rings. The van der Waals surface area contributed by atoms with Crippen molar-refractivity contribution in [2.24, 2.45) is 17.3 Å². The molecule has 4 aliphatic carbocycles. The van der Waals surface area contributed by atoms with E-state index in [1.54, 1.807) is 54.6 Å². The summed E-state index contributed by atoms with van der Waals surface area (Å²) in [6.07, 6.45) is -3.17. The second-order valence-electron chi connectivity index (χ2n) is 12.7. The van der Waals surface area contributed by atoms with Gasteiger partial charge in [0.15, 0.2) is 5.78 Å². The standard InChI is InChI=1S/C34H34F5NO4/c1-31-18-25(19-7-9-20(10-8-19)30(42)40-27-5-3-4-6-28(27)44-2)29-23-14-12-22(41)17-21(23)11-13-24(29)26(31)15-16-32(31,43)33(35,36)34(37,38)39/h3-10,17,24-26,43H,11-16,18H2,1-2H3,(H,40,42)/t24?,25-,26+,31?,32+/m1/s1. The van der Waals surface area contributed by atoms with Gasteiger partial charge in [-0.1, -0.05) is 36.8 Å². The first-order chi connectivity index (χ1) is 20.7. The van der Waals surface area contributed by atoms with E-state index in [-0.39, 0.29) is 24.5 Å². The van der Waals surface area contributed by atoms with E-state index >= 15 is 8.78 Å². The summed E-state index contributed by atoms with van der Waals surface area (Å²) in [5.74, 6) is -6.67. The van der Waals surface area contributed by atoms with Crippen LogP contribution in [-0.2, 0) is 4.79 Å². The molecule has 0 aromatic heterocycles. The third kappa shape index (κ3) is 4.51. The number of benzene rings is 2. The molecule has 10 heteroatoms. The highest BCUT2D eigenvalue weighted by Crippen LogP contribution is 2.70. The van der Waals surface area contributed by atoms with Crippen LogP contribution in [0.3, 0.4) is 0 Å². The zero-order valence-corrected chi connectivity index (χ0v) is 24.4. The predicted molar refractivity (Wildman–Crippen MR) is 154 cm³/mol. The zero-order valence-electron chi connectivity index (χ0n) is 24.4. The van der Waals surface area contributed by atoms with E-state index in [0.29, 0.717) is 48.2 Å². The summed E-state index contributed by atoms with van der Waals surface area (Å²) < 4.78 is 77.0. The molecule has 44 heavy (non-hydrogen) atoms. The number of fused-ring (bicyclic) bond motifs is 4. The monoisotopic (exact) mass is 615 g/mol. The summed E-state index contributed by atoms with van der Waals surface area (Å²) in [6.45, 7) is 1.39. The highest BCUT2D eigenvalue weighted by atomic mass is 19.4. The summed E-state index contributed by atoms with van der Waals surface area (Å²) in [6, 6.07) is 13.5. The van der Waals surface area contributed by atoms with E-state index in [2.05, 4.69) is 5.32 Å². The van der Waals surface area contributed by atoms with Crippen LogP contribution in [0.2, 0.25) is 0 Å². The molecule has 0 saturated heterocycles. The fourth-order valence-corrected chi connectivity index (χ4v) is 8.52. The van der Waals surface area contributed by atoms with Gasteiger partial charge in [0.2, 0.25) is 0 Å². The van der Waals surface area contributed by atoms with Crippen LogP contribution < -0.4 is 10.1 Å². The Morgan fingerprint density at radius 2 is 1.70 bits per heavy atom. The third-order valence-electron chi connectivity index (χ3n) is 10.7. The maximum absolute atomic E-state index is 15.2. The molecule has 4 aliphatic rings. The number of para-hydroxylation sites is 2. The Hall–Kier alpha value is -3.53. The Morgan fingerprint density at radius 1 is 1.00 bits per heavy atom.